The Labute approximate surface area is 151 Å². The number of nitrogens with one attached hydrogen (secondary N) is 1. The SMILES string of the molecule is CC1(C(=O)N2CCC3(CCc4ccccc43)CC2)CC12CCNCC2. The van der Waals surface area contributed by atoms with Gasteiger partial charge in [-0.2, -0.15) is 0 Å². The van der Waals surface area contributed by atoms with Crippen molar-refractivity contribution in [2.24, 2.45) is 10.8 Å². The summed E-state index contributed by atoms with van der Waals surface area (Å²) in [6, 6.07) is 9.00. The molecule has 1 unspecified atom stereocenters. The lowest BCUT2D eigenvalue weighted by molar-refractivity contribution is -0.139. The third-order valence-corrected chi connectivity index (χ3v) is 8.24. The molecule has 2 saturated heterocycles. The minimum atomic E-state index is -0.0762. The van der Waals surface area contributed by atoms with E-state index in [9.17, 15) is 4.79 Å². The van der Waals surface area contributed by atoms with E-state index in [0.717, 1.165) is 45.4 Å². The van der Waals surface area contributed by atoms with Gasteiger partial charge in [-0.1, -0.05) is 31.2 Å². The first-order valence-electron chi connectivity index (χ1n) is 10.2. The van der Waals surface area contributed by atoms with Crippen molar-refractivity contribution in [2.75, 3.05) is 26.2 Å². The van der Waals surface area contributed by atoms with Gasteiger partial charge in [-0.05, 0) is 80.0 Å². The number of carbonyl (C=O) groups is 1. The fraction of sp³-hybridized carbons (Fsp3) is 0.682. The van der Waals surface area contributed by atoms with Crippen molar-refractivity contribution in [3.05, 3.63) is 35.4 Å². The second-order valence-corrected chi connectivity index (χ2v) is 9.27. The number of carbonyl (C=O) groups excluding carboxylic acids is 1. The van der Waals surface area contributed by atoms with E-state index in [0.29, 0.717) is 16.7 Å². The number of aryl methyl sites for hydroxylation is 1. The molecule has 1 aromatic carbocycles. The van der Waals surface area contributed by atoms with Crippen molar-refractivity contribution in [2.45, 2.75) is 57.3 Å². The van der Waals surface area contributed by atoms with Gasteiger partial charge in [0.15, 0.2) is 0 Å². The number of fused-ring (bicyclic) bond motifs is 2. The Morgan fingerprint density at radius 2 is 1.76 bits per heavy atom. The van der Waals surface area contributed by atoms with Gasteiger partial charge in [-0.25, -0.2) is 0 Å². The van der Waals surface area contributed by atoms with Crippen LogP contribution in [0.2, 0.25) is 0 Å². The summed E-state index contributed by atoms with van der Waals surface area (Å²) in [5.74, 6) is 0.454. The molecule has 1 aromatic rings. The third kappa shape index (κ3) is 2.17. The Bertz CT molecular complexity index is 698. The van der Waals surface area contributed by atoms with Crippen molar-refractivity contribution in [1.82, 2.24) is 10.2 Å². The molecule has 5 rings (SSSR count). The summed E-state index contributed by atoms with van der Waals surface area (Å²) in [5.41, 5.74) is 3.71. The molecule has 2 aliphatic carbocycles. The molecule has 3 heteroatoms. The normalized spacial score (nSPS) is 32.0. The summed E-state index contributed by atoms with van der Waals surface area (Å²) in [7, 11) is 0. The highest BCUT2D eigenvalue weighted by Crippen LogP contribution is 2.69. The van der Waals surface area contributed by atoms with Gasteiger partial charge < -0.3 is 10.2 Å². The number of likely N-dealkylation sites (tertiary alicyclic amines) is 1. The molecule has 3 fully saturated rings. The monoisotopic (exact) mass is 338 g/mol. The molecule has 1 N–H and O–H groups in total. The van der Waals surface area contributed by atoms with E-state index in [-0.39, 0.29) is 5.41 Å². The number of benzene rings is 1. The molecule has 2 aliphatic heterocycles. The summed E-state index contributed by atoms with van der Waals surface area (Å²) in [6.07, 6.45) is 8.28. The molecular formula is C22H30N2O. The van der Waals surface area contributed by atoms with Crippen LogP contribution in [0.5, 0.6) is 0 Å². The Kier molecular flexibility index (Phi) is 3.38. The van der Waals surface area contributed by atoms with E-state index in [1.807, 2.05) is 0 Å². The predicted octanol–water partition coefficient (Wildman–Crippen LogP) is 3.27. The summed E-state index contributed by atoms with van der Waals surface area (Å²) < 4.78 is 0. The lowest BCUT2D eigenvalue weighted by Gasteiger charge is -2.42. The highest BCUT2D eigenvalue weighted by Gasteiger charge is 2.68. The fourth-order valence-electron chi connectivity index (χ4n) is 6.34. The molecule has 2 spiro atoms. The topological polar surface area (TPSA) is 32.3 Å². The van der Waals surface area contributed by atoms with Crippen molar-refractivity contribution < 1.29 is 4.79 Å². The van der Waals surface area contributed by atoms with Crippen LogP contribution in [0.3, 0.4) is 0 Å². The summed E-state index contributed by atoms with van der Waals surface area (Å²) >= 11 is 0. The Morgan fingerprint density at radius 1 is 1.04 bits per heavy atom. The second kappa shape index (κ2) is 5.33. The number of rotatable bonds is 1. The molecule has 4 aliphatic rings. The third-order valence-electron chi connectivity index (χ3n) is 8.24. The zero-order chi connectivity index (χ0) is 17.1. The summed E-state index contributed by atoms with van der Waals surface area (Å²) in [4.78, 5) is 15.5. The molecule has 2 heterocycles. The van der Waals surface area contributed by atoms with E-state index in [1.54, 1.807) is 11.1 Å². The molecule has 0 radical (unpaired) electrons. The molecule has 134 valence electrons. The number of hydrogen-bond donors (Lipinski definition) is 1. The van der Waals surface area contributed by atoms with Crippen molar-refractivity contribution >= 4 is 5.91 Å². The van der Waals surface area contributed by atoms with Gasteiger partial charge in [0.25, 0.3) is 0 Å². The lowest BCUT2D eigenvalue weighted by atomic mass is 9.73. The number of nitrogens with zero attached hydrogens (tertiary/aromatic N) is 1. The summed E-state index contributed by atoms with van der Waals surface area (Å²) in [5, 5.41) is 3.45. The first kappa shape index (κ1) is 15.9. The summed E-state index contributed by atoms with van der Waals surface area (Å²) in [6.45, 7) is 6.33. The van der Waals surface area contributed by atoms with E-state index in [4.69, 9.17) is 0 Å². The van der Waals surface area contributed by atoms with Crippen LogP contribution < -0.4 is 5.32 Å². The predicted molar refractivity (Wildman–Crippen MR) is 99.5 cm³/mol. The number of piperidine rings is 2. The number of amides is 1. The van der Waals surface area contributed by atoms with Gasteiger partial charge in [-0.15, -0.1) is 0 Å². The van der Waals surface area contributed by atoms with E-state index >= 15 is 0 Å². The maximum Gasteiger partial charge on any atom is 0.229 e. The van der Waals surface area contributed by atoms with Crippen molar-refractivity contribution in [1.29, 1.82) is 0 Å². The van der Waals surface area contributed by atoms with Crippen LogP contribution in [0, 0.1) is 10.8 Å². The Hall–Kier alpha value is -1.35. The van der Waals surface area contributed by atoms with Crippen LogP contribution in [0.15, 0.2) is 24.3 Å². The van der Waals surface area contributed by atoms with Gasteiger partial charge in [-0.3, -0.25) is 4.79 Å². The molecule has 1 atom stereocenters. The fourth-order valence-corrected chi connectivity index (χ4v) is 6.34. The lowest BCUT2D eigenvalue weighted by Crippen LogP contribution is -2.48. The van der Waals surface area contributed by atoms with E-state index in [1.165, 1.54) is 25.7 Å². The Morgan fingerprint density at radius 3 is 2.52 bits per heavy atom. The molecule has 0 aromatic heterocycles. The quantitative estimate of drug-likeness (QED) is 0.852. The standard InChI is InChI=1S/C22H30N2O/c1-20(16-22(20)8-12-23-13-9-22)19(25)24-14-10-21(11-15-24)7-6-17-4-2-3-5-18(17)21/h2-5,23H,6-16H2,1H3. The maximum atomic E-state index is 13.3. The van der Waals surface area contributed by atoms with Crippen LogP contribution >= 0.6 is 0 Å². The molecule has 3 nitrogen and oxygen atoms in total. The van der Waals surface area contributed by atoms with Crippen LogP contribution in [-0.2, 0) is 16.6 Å². The van der Waals surface area contributed by atoms with Crippen LogP contribution in [-0.4, -0.2) is 37.0 Å². The average molecular weight is 338 g/mol. The van der Waals surface area contributed by atoms with Crippen LogP contribution in [0.1, 0.15) is 56.6 Å². The van der Waals surface area contributed by atoms with Gasteiger partial charge in [0, 0.05) is 13.1 Å². The first-order chi connectivity index (χ1) is 12.1. The highest BCUT2D eigenvalue weighted by molar-refractivity contribution is 5.87. The van der Waals surface area contributed by atoms with Gasteiger partial charge in [0.1, 0.15) is 0 Å². The van der Waals surface area contributed by atoms with E-state index in [2.05, 4.69) is 41.4 Å². The van der Waals surface area contributed by atoms with Crippen molar-refractivity contribution in [3.8, 4) is 0 Å². The minimum Gasteiger partial charge on any atom is -0.342 e. The second-order valence-electron chi connectivity index (χ2n) is 9.27. The number of hydrogen-bond acceptors (Lipinski definition) is 2. The maximum absolute atomic E-state index is 13.3. The zero-order valence-electron chi connectivity index (χ0n) is 15.4. The van der Waals surface area contributed by atoms with Crippen LogP contribution in [0.25, 0.3) is 0 Å². The largest absolute Gasteiger partial charge is 0.342 e. The van der Waals surface area contributed by atoms with Crippen molar-refractivity contribution in [3.63, 3.8) is 0 Å². The smallest absolute Gasteiger partial charge is 0.229 e. The van der Waals surface area contributed by atoms with E-state index < -0.39 is 0 Å². The average Bonchev–Trinajstić information content (AvgIpc) is 3.06. The van der Waals surface area contributed by atoms with Crippen LogP contribution in [0.4, 0.5) is 0 Å². The minimum absolute atomic E-state index is 0.0762. The molecule has 25 heavy (non-hydrogen) atoms. The molecular weight excluding hydrogens is 308 g/mol. The zero-order valence-corrected chi connectivity index (χ0v) is 15.4. The highest BCUT2D eigenvalue weighted by atomic mass is 16.2. The van der Waals surface area contributed by atoms with Gasteiger partial charge in [0.2, 0.25) is 5.91 Å². The van der Waals surface area contributed by atoms with Gasteiger partial charge in [0.05, 0.1) is 5.41 Å². The Balaban J connectivity index is 1.29. The first-order valence-corrected chi connectivity index (χ1v) is 10.2. The molecule has 0 bridgehead atoms. The molecule has 1 amide bonds. The van der Waals surface area contributed by atoms with Gasteiger partial charge >= 0.3 is 0 Å². The molecule has 1 saturated carbocycles.